The highest BCUT2D eigenvalue weighted by Crippen LogP contribution is 2.53. The van der Waals surface area contributed by atoms with E-state index in [1.807, 2.05) is 37.1 Å². The zero-order valence-electron chi connectivity index (χ0n) is 27.9. The summed E-state index contributed by atoms with van der Waals surface area (Å²) in [6, 6.07) is 18.8. The van der Waals surface area contributed by atoms with Gasteiger partial charge in [-0.05, 0) is 90.8 Å². The fraction of sp³-hybridized carbons (Fsp3) is 0.375. The van der Waals surface area contributed by atoms with E-state index in [2.05, 4.69) is 89.2 Å². The molecule has 1 saturated carbocycles. The SMILES string of the molecule is C=C[C@]1(C)CCN[C@H](c2nc3c(ccc4cc(C#Cc5ccc(-c6cnc(C7CC8CC8N7C(=O)[C@@H](N)C(C)C)[nH]6)cc5)ccc43)[nH]2)C1. The predicted octanol–water partition coefficient (Wildman–Crippen LogP) is 6.77. The number of nitrogens with one attached hydrogen (secondary N) is 3. The number of hydrogen-bond donors (Lipinski definition) is 4. The molecule has 8 rings (SSSR count). The van der Waals surface area contributed by atoms with Crippen molar-refractivity contribution in [2.45, 2.75) is 70.6 Å². The van der Waals surface area contributed by atoms with Crippen molar-refractivity contribution in [3.63, 3.8) is 0 Å². The number of aromatic amines is 2. The van der Waals surface area contributed by atoms with Gasteiger partial charge in [0.05, 0.1) is 41.0 Å². The van der Waals surface area contributed by atoms with Crippen LogP contribution in [0, 0.1) is 29.1 Å². The van der Waals surface area contributed by atoms with Crippen molar-refractivity contribution in [3.05, 3.63) is 96.2 Å². The molecule has 0 radical (unpaired) electrons. The summed E-state index contributed by atoms with van der Waals surface area (Å²) in [5.41, 5.74) is 12.3. The Hall–Kier alpha value is -4.71. The second-order valence-electron chi connectivity index (χ2n) is 14.7. The van der Waals surface area contributed by atoms with Gasteiger partial charge in [0.1, 0.15) is 11.6 Å². The molecule has 2 aromatic heterocycles. The number of imidazole rings is 2. The lowest BCUT2D eigenvalue weighted by Crippen LogP contribution is -2.47. The van der Waals surface area contributed by atoms with E-state index >= 15 is 0 Å². The molecule has 5 N–H and O–H groups in total. The number of piperidine rings is 2. The molecule has 3 aliphatic rings. The number of hydrogen-bond acceptors (Lipinski definition) is 5. The largest absolute Gasteiger partial charge is 0.341 e. The number of nitrogens with two attached hydrogens (primary N) is 1. The summed E-state index contributed by atoms with van der Waals surface area (Å²) in [7, 11) is 0. The van der Waals surface area contributed by atoms with Crippen LogP contribution in [-0.4, -0.2) is 49.4 Å². The number of aromatic nitrogens is 4. The molecule has 1 amide bonds. The van der Waals surface area contributed by atoms with E-state index in [1.54, 1.807) is 0 Å². The van der Waals surface area contributed by atoms with Crippen LogP contribution in [-0.2, 0) is 4.79 Å². The zero-order valence-corrected chi connectivity index (χ0v) is 27.9. The summed E-state index contributed by atoms with van der Waals surface area (Å²) >= 11 is 0. The van der Waals surface area contributed by atoms with E-state index in [0.29, 0.717) is 12.0 Å². The molecule has 48 heavy (non-hydrogen) atoms. The second kappa shape index (κ2) is 11.8. The number of amides is 1. The van der Waals surface area contributed by atoms with E-state index in [0.717, 1.165) is 88.1 Å². The normalized spacial score (nSPS) is 25.6. The quantitative estimate of drug-likeness (QED) is 0.121. The van der Waals surface area contributed by atoms with Crippen LogP contribution < -0.4 is 11.1 Å². The van der Waals surface area contributed by atoms with Crippen molar-refractivity contribution in [2.24, 2.45) is 23.0 Å². The lowest BCUT2D eigenvalue weighted by Gasteiger charge is -2.35. The van der Waals surface area contributed by atoms with Crippen molar-refractivity contribution in [3.8, 4) is 23.1 Å². The Balaban J connectivity index is 0.974. The van der Waals surface area contributed by atoms with Crippen molar-refractivity contribution in [1.82, 2.24) is 30.2 Å². The van der Waals surface area contributed by atoms with Crippen molar-refractivity contribution < 1.29 is 4.79 Å². The molecule has 2 saturated heterocycles. The van der Waals surface area contributed by atoms with E-state index < -0.39 is 6.04 Å². The number of nitrogens with zero attached hydrogens (tertiary/aromatic N) is 3. The Kier molecular flexibility index (Phi) is 7.50. The molecule has 1 aliphatic carbocycles. The summed E-state index contributed by atoms with van der Waals surface area (Å²) in [4.78, 5) is 32.1. The van der Waals surface area contributed by atoms with Crippen LogP contribution in [0.2, 0.25) is 0 Å². The fourth-order valence-corrected chi connectivity index (χ4v) is 7.62. The van der Waals surface area contributed by atoms with Gasteiger partial charge in [-0.15, -0.1) is 6.58 Å². The maximum atomic E-state index is 13.2. The minimum atomic E-state index is -0.483. The maximum Gasteiger partial charge on any atom is 0.240 e. The smallest absolute Gasteiger partial charge is 0.240 e. The number of carbonyl (C=O) groups excluding carboxylic acids is 1. The zero-order chi connectivity index (χ0) is 33.2. The molecule has 8 heteroatoms. The molecule has 5 aromatic rings. The van der Waals surface area contributed by atoms with Crippen LogP contribution in [0.3, 0.4) is 0 Å². The van der Waals surface area contributed by atoms with Crippen LogP contribution in [0.25, 0.3) is 33.1 Å². The number of likely N-dealkylation sites (tertiary alicyclic amines) is 1. The first-order valence-electron chi connectivity index (χ1n) is 17.2. The van der Waals surface area contributed by atoms with Crippen molar-refractivity contribution in [2.75, 3.05) is 6.54 Å². The van der Waals surface area contributed by atoms with Gasteiger partial charge in [0.25, 0.3) is 0 Å². The lowest BCUT2D eigenvalue weighted by atomic mass is 9.78. The number of rotatable bonds is 6. The number of carbonyl (C=O) groups is 1. The molecule has 3 aromatic carbocycles. The first-order chi connectivity index (χ1) is 23.2. The average Bonchev–Trinajstić information content (AvgIpc) is 3.44. The van der Waals surface area contributed by atoms with Crippen molar-refractivity contribution in [1.29, 1.82) is 0 Å². The lowest BCUT2D eigenvalue weighted by molar-refractivity contribution is -0.135. The highest BCUT2D eigenvalue weighted by atomic mass is 16.2. The Morgan fingerprint density at radius 2 is 1.85 bits per heavy atom. The molecule has 2 aliphatic heterocycles. The van der Waals surface area contributed by atoms with Gasteiger partial charge in [-0.25, -0.2) is 9.97 Å². The standard InChI is InChI=1S/C40H43N7O/c1-5-40(4)16-17-42-31(21-40)37-44-30-15-13-27-18-25(10-14-29(27)36(30)46-37)7-6-24-8-11-26(12-9-24)32-22-43-38(45-32)34-20-28-19-33(28)47(34)39(48)35(41)23(2)3/h5,8-15,18,22-23,28,31,33-35,42H,1,16-17,19-21,41H2,2-4H3,(H,43,45)(H,44,46)/t28?,31-,33?,34?,35-,40+/m0/s1. The molecular weight excluding hydrogens is 594 g/mol. The molecule has 4 heterocycles. The fourth-order valence-electron chi connectivity index (χ4n) is 7.62. The third-order valence-electron chi connectivity index (χ3n) is 10.9. The monoisotopic (exact) mass is 637 g/mol. The molecular formula is C40H43N7O. The van der Waals surface area contributed by atoms with E-state index in [1.165, 1.54) is 0 Å². The first kappa shape index (κ1) is 30.6. The first-order valence-corrected chi connectivity index (χ1v) is 17.2. The summed E-state index contributed by atoms with van der Waals surface area (Å²) in [6.45, 7) is 11.3. The van der Waals surface area contributed by atoms with E-state index in [9.17, 15) is 4.79 Å². The highest BCUT2D eigenvalue weighted by Gasteiger charge is 2.55. The molecule has 0 bridgehead atoms. The average molecular weight is 638 g/mol. The van der Waals surface area contributed by atoms with Gasteiger partial charge in [0.15, 0.2) is 0 Å². The minimum absolute atomic E-state index is 0.0411. The number of H-pyrrole nitrogens is 2. The topological polar surface area (TPSA) is 116 Å². The number of benzene rings is 3. The van der Waals surface area contributed by atoms with Crippen LogP contribution >= 0.6 is 0 Å². The van der Waals surface area contributed by atoms with Crippen molar-refractivity contribution >= 4 is 27.7 Å². The van der Waals surface area contributed by atoms with E-state index in [4.69, 9.17) is 15.7 Å². The van der Waals surface area contributed by atoms with Crippen LogP contribution in [0.15, 0.2) is 73.4 Å². The van der Waals surface area contributed by atoms with Gasteiger partial charge >= 0.3 is 0 Å². The van der Waals surface area contributed by atoms with Gasteiger partial charge in [-0.3, -0.25) is 4.79 Å². The minimum Gasteiger partial charge on any atom is -0.341 e. The van der Waals surface area contributed by atoms with Gasteiger partial charge in [-0.2, -0.15) is 0 Å². The van der Waals surface area contributed by atoms with Crippen LogP contribution in [0.5, 0.6) is 0 Å². The Labute approximate surface area is 281 Å². The van der Waals surface area contributed by atoms with Crippen LogP contribution in [0.1, 0.15) is 81.3 Å². The van der Waals surface area contributed by atoms with Gasteiger partial charge < -0.3 is 25.9 Å². The molecule has 6 atom stereocenters. The predicted molar refractivity (Wildman–Crippen MR) is 191 cm³/mol. The Morgan fingerprint density at radius 1 is 1.06 bits per heavy atom. The molecule has 8 nitrogen and oxygen atoms in total. The third-order valence-corrected chi connectivity index (χ3v) is 10.9. The number of allylic oxidation sites excluding steroid dienone is 1. The third kappa shape index (κ3) is 5.51. The maximum absolute atomic E-state index is 13.2. The van der Waals surface area contributed by atoms with E-state index in [-0.39, 0.29) is 29.3 Å². The van der Waals surface area contributed by atoms with Gasteiger partial charge in [0.2, 0.25) is 5.91 Å². The summed E-state index contributed by atoms with van der Waals surface area (Å²) in [5, 5.41) is 5.88. The molecule has 3 unspecified atom stereocenters. The van der Waals surface area contributed by atoms with Gasteiger partial charge in [0, 0.05) is 22.6 Å². The van der Waals surface area contributed by atoms with Gasteiger partial charge in [-0.1, -0.05) is 63.0 Å². The number of fused-ring (bicyclic) bond motifs is 4. The summed E-state index contributed by atoms with van der Waals surface area (Å²) < 4.78 is 0. The Morgan fingerprint density at radius 3 is 2.65 bits per heavy atom. The van der Waals surface area contributed by atoms with Crippen LogP contribution in [0.4, 0.5) is 0 Å². The highest BCUT2D eigenvalue weighted by molar-refractivity contribution is 6.04. The second-order valence-corrected chi connectivity index (χ2v) is 14.7. The molecule has 0 spiro atoms. The summed E-state index contributed by atoms with van der Waals surface area (Å²) in [6.07, 6.45) is 8.04. The Bertz CT molecular complexity index is 2100. The summed E-state index contributed by atoms with van der Waals surface area (Å²) in [5.74, 6) is 9.21. The molecule has 244 valence electrons. The molecule has 3 fully saturated rings.